The smallest absolute Gasteiger partial charge is 0.371 e. The van der Waals surface area contributed by atoms with Crippen LogP contribution in [0.4, 0.5) is 5.69 Å². The number of benzene rings is 1. The Balaban J connectivity index is 2.17. The first-order valence-corrected chi connectivity index (χ1v) is 7.93. The van der Waals surface area contributed by atoms with Crippen LogP contribution in [0.15, 0.2) is 34.7 Å². The summed E-state index contributed by atoms with van der Waals surface area (Å²) in [6.07, 6.45) is 1.11. The lowest BCUT2D eigenvalue weighted by Gasteiger charge is -2.11. The molecule has 8 heteroatoms. The number of halogens is 1. The molecule has 0 radical (unpaired) electrons. The third kappa shape index (κ3) is 4.56. The minimum atomic E-state index is -1.16. The first-order valence-electron chi connectivity index (χ1n) is 7.14. The molecule has 1 amide bonds. The van der Waals surface area contributed by atoms with Crippen LogP contribution in [-0.4, -0.2) is 22.1 Å². The van der Waals surface area contributed by atoms with E-state index in [1.807, 2.05) is 6.92 Å². The van der Waals surface area contributed by atoms with Crippen LogP contribution in [0.3, 0.4) is 0 Å². The highest BCUT2D eigenvalue weighted by molar-refractivity contribution is 7.80. The second kappa shape index (κ2) is 7.94. The van der Waals surface area contributed by atoms with E-state index in [1.165, 1.54) is 12.1 Å². The van der Waals surface area contributed by atoms with Crippen molar-refractivity contribution in [1.29, 1.82) is 0 Å². The summed E-state index contributed by atoms with van der Waals surface area (Å²) in [6, 6.07) is 7.84. The number of carbonyl (C=O) groups is 2. The summed E-state index contributed by atoms with van der Waals surface area (Å²) < 4.78 is 5.25. The Bertz CT molecular complexity index is 788. The molecular formula is C16H15ClN2O4S. The van der Waals surface area contributed by atoms with Gasteiger partial charge in [0.15, 0.2) is 5.11 Å². The van der Waals surface area contributed by atoms with Gasteiger partial charge in [0, 0.05) is 17.7 Å². The molecule has 0 bridgehead atoms. The van der Waals surface area contributed by atoms with Gasteiger partial charge in [-0.3, -0.25) is 4.79 Å². The number of hydrogen-bond acceptors (Lipinski definition) is 4. The summed E-state index contributed by atoms with van der Waals surface area (Å²) in [5.41, 5.74) is 1.10. The molecule has 0 fully saturated rings. The zero-order valence-corrected chi connectivity index (χ0v) is 14.3. The number of aromatic carboxylic acids is 1. The molecule has 0 aliphatic rings. The fourth-order valence-corrected chi connectivity index (χ4v) is 2.41. The Labute approximate surface area is 148 Å². The maximum Gasteiger partial charge on any atom is 0.371 e. The topological polar surface area (TPSA) is 91.6 Å². The normalized spacial score (nSPS) is 10.2. The van der Waals surface area contributed by atoms with Crippen molar-refractivity contribution in [3.8, 4) is 11.3 Å². The van der Waals surface area contributed by atoms with Gasteiger partial charge in [-0.2, -0.15) is 0 Å². The van der Waals surface area contributed by atoms with Gasteiger partial charge in [0.1, 0.15) is 5.76 Å². The molecule has 0 spiro atoms. The molecule has 0 aliphatic carbocycles. The van der Waals surface area contributed by atoms with Crippen LogP contribution >= 0.6 is 23.8 Å². The van der Waals surface area contributed by atoms with E-state index >= 15 is 0 Å². The van der Waals surface area contributed by atoms with Crippen molar-refractivity contribution < 1.29 is 19.1 Å². The molecule has 2 aromatic rings. The van der Waals surface area contributed by atoms with Crippen LogP contribution in [0.1, 0.15) is 30.3 Å². The average Bonchev–Trinajstić information content (AvgIpc) is 2.99. The second-order valence-electron chi connectivity index (χ2n) is 4.92. The summed E-state index contributed by atoms with van der Waals surface area (Å²) in [4.78, 5) is 22.4. The van der Waals surface area contributed by atoms with Crippen LogP contribution < -0.4 is 10.6 Å². The van der Waals surface area contributed by atoms with Gasteiger partial charge in [-0.1, -0.05) is 18.5 Å². The Morgan fingerprint density at radius 1 is 1.29 bits per heavy atom. The van der Waals surface area contributed by atoms with Gasteiger partial charge in [0.2, 0.25) is 11.7 Å². The summed E-state index contributed by atoms with van der Waals surface area (Å²) >= 11 is 11.2. The van der Waals surface area contributed by atoms with Gasteiger partial charge in [-0.05, 0) is 49.0 Å². The monoisotopic (exact) mass is 366 g/mol. The van der Waals surface area contributed by atoms with Crippen molar-refractivity contribution in [2.45, 2.75) is 19.8 Å². The Hall–Kier alpha value is -2.38. The first-order chi connectivity index (χ1) is 11.4. The van der Waals surface area contributed by atoms with Crippen molar-refractivity contribution in [3.63, 3.8) is 0 Å². The molecule has 126 valence electrons. The predicted molar refractivity (Wildman–Crippen MR) is 95.4 cm³/mol. The largest absolute Gasteiger partial charge is 0.475 e. The van der Waals surface area contributed by atoms with Crippen LogP contribution in [0.2, 0.25) is 5.02 Å². The Morgan fingerprint density at radius 2 is 2.04 bits per heavy atom. The minimum Gasteiger partial charge on any atom is -0.475 e. The summed E-state index contributed by atoms with van der Waals surface area (Å²) in [5, 5.41) is 14.9. The van der Waals surface area contributed by atoms with E-state index in [2.05, 4.69) is 10.6 Å². The molecule has 24 heavy (non-hydrogen) atoms. The third-order valence-corrected chi connectivity index (χ3v) is 3.57. The molecule has 0 saturated carbocycles. The van der Waals surface area contributed by atoms with E-state index in [0.29, 0.717) is 28.5 Å². The highest BCUT2D eigenvalue weighted by Gasteiger charge is 2.14. The molecule has 1 heterocycles. The summed E-state index contributed by atoms with van der Waals surface area (Å²) in [5.74, 6) is -1.18. The van der Waals surface area contributed by atoms with Crippen molar-refractivity contribution >= 4 is 46.5 Å². The number of thiocarbonyl (C=S) groups is 1. The van der Waals surface area contributed by atoms with E-state index in [1.54, 1.807) is 18.2 Å². The lowest BCUT2D eigenvalue weighted by Crippen LogP contribution is -2.33. The Morgan fingerprint density at radius 3 is 2.67 bits per heavy atom. The number of rotatable bonds is 5. The summed E-state index contributed by atoms with van der Waals surface area (Å²) in [6.45, 7) is 1.90. The number of carbonyl (C=O) groups excluding carboxylic acids is 1. The molecule has 1 aromatic carbocycles. The molecule has 1 aromatic heterocycles. The molecular weight excluding hydrogens is 352 g/mol. The molecule has 3 N–H and O–H groups in total. The van der Waals surface area contributed by atoms with E-state index in [4.69, 9.17) is 33.3 Å². The zero-order chi connectivity index (χ0) is 17.7. The SMILES string of the molecule is CCCC(=O)NC(=S)Nc1ccc(Cl)c(-c2ccc(C(=O)O)o2)c1. The van der Waals surface area contributed by atoms with Gasteiger partial charge >= 0.3 is 5.97 Å². The lowest BCUT2D eigenvalue weighted by atomic mass is 10.1. The molecule has 6 nitrogen and oxygen atoms in total. The van der Waals surface area contributed by atoms with Gasteiger partial charge in [-0.15, -0.1) is 0 Å². The third-order valence-electron chi connectivity index (χ3n) is 3.04. The second-order valence-corrected chi connectivity index (χ2v) is 5.73. The number of amides is 1. The van der Waals surface area contributed by atoms with E-state index in [0.717, 1.165) is 6.42 Å². The lowest BCUT2D eigenvalue weighted by molar-refractivity contribution is -0.119. The number of carboxylic acids is 1. The van der Waals surface area contributed by atoms with Crippen molar-refractivity contribution in [2.75, 3.05) is 5.32 Å². The molecule has 0 unspecified atom stereocenters. The van der Waals surface area contributed by atoms with E-state index < -0.39 is 5.97 Å². The maximum absolute atomic E-state index is 11.5. The fraction of sp³-hybridized carbons (Fsp3) is 0.188. The Kier molecular flexibility index (Phi) is 5.94. The van der Waals surface area contributed by atoms with Gasteiger partial charge in [0.05, 0.1) is 5.02 Å². The van der Waals surface area contributed by atoms with Crippen LogP contribution in [0.5, 0.6) is 0 Å². The quantitative estimate of drug-likeness (QED) is 0.695. The molecule has 0 aliphatic heterocycles. The van der Waals surface area contributed by atoms with Crippen molar-refractivity contribution in [3.05, 3.63) is 41.1 Å². The molecule has 0 saturated heterocycles. The van der Waals surface area contributed by atoms with Gasteiger partial charge in [0.25, 0.3) is 0 Å². The van der Waals surface area contributed by atoms with Crippen molar-refractivity contribution in [1.82, 2.24) is 5.32 Å². The number of nitrogens with one attached hydrogen (secondary N) is 2. The zero-order valence-electron chi connectivity index (χ0n) is 12.8. The number of hydrogen-bond donors (Lipinski definition) is 3. The van der Waals surface area contributed by atoms with Crippen LogP contribution in [0, 0.1) is 0 Å². The number of carboxylic acid groups (broad SMARTS) is 1. The summed E-state index contributed by atoms with van der Waals surface area (Å²) in [7, 11) is 0. The van der Waals surface area contributed by atoms with Crippen LogP contribution in [0.25, 0.3) is 11.3 Å². The molecule has 2 rings (SSSR count). The predicted octanol–water partition coefficient (Wildman–Crippen LogP) is 3.91. The highest BCUT2D eigenvalue weighted by Crippen LogP contribution is 2.32. The standard InChI is InChI=1S/C16H15ClN2O4S/c1-2-3-14(20)19-16(24)18-9-4-5-11(17)10(8-9)12-6-7-13(23-12)15(21)22/h4-8H,2-3H2,1H3,(H,21,22)(H2,18,19,20,24). The maximum atomic E-state index is 11.5. The van der Waals surface area contributed by atoms with Gasteiger partial charge in [-0.25, -0.2) is 4.79 Å². The van der Waals surface area contributed by atoms with Gasteiger partial charge < -0.3 is 20.2 Å². The average molecular weight is 367 g/mol. The highest BCUT2D eigenvalue weighted by atomic mass is 35.5. The molecule has 0 atom stereocenters. The van der Waals surface area contributed by atoms with E-state index in [-0.39, 0.29) is 16.8 Å². The minimum absolute atomic E-state index is 0.165. The fourth-order valence-electron chi connectivity index (χ4n) is 1.97. The number of furan rings is 1. The first kappa shape index (κ1) is 18.0. The van der Waals surface area contributed by atoms with Crippen LogP contribution in [-0.2, 0) is 4.79 Å². The number of anilines is 1. The van der Waals surface area contributed by atoms with Crippen molar-refractivity contribution in [2.24, 2.45) is 0 Å². The van der Waals surface area contributed by atoms with E-state index in [9.17, 15) is 9.59 Å².